The fourth-order valence-corrected chi connectivity index (χ4v) is 3.01. The SMILES string of the molecule is COC(=O)CN1N=C(C)[C@H](C)n2c1nc1c2c(=O)n(CC(=O)OC)c(=O)n1C. The zero-order valence-corrected chi connectivity index (χ0v) is 16.1. The number of rotatable bonds is 4. The Kier molecular flexibility index (Phi) is 4.79. The number of hydrogen-bond donors (Lipinski definition) is 0. The zero-order valence-electron chi connectivity index (χ0n) is 16.1. The van der Waals surface area contributed by atoms with Gasteiger partial charge in [-0.15, -0.1) is 0 Å². The third kappa shape index (κ3) is 2.86. The Bertz CT molecular complexity index is 1120. The van der Waals surface area contributed by atoms with E-state index in [1.807, 2.05) is 6.92 Å². The van der Waals surface area contributed by atoms with Gasteiger partial charge in [-0.25, -0.2) is 14.4 Å². The Morgan fingerprint density at radius 3 is 2.32 bits per heavy atom. The number of fused-ring (bicyclic) bond motifs is 3. The molecule has 0 bridgehead atoms. The first kappa shape index (κ1) is 19.3. The number of methoxy groups -OCH3 is 2. The molecule has 1 aliphatic rings. The van der Waals surface area contributed by atoms with Crippen LogP contribution in [0.4, 0.5) is 5.95 Å². The van der Waals surface area contributed by atoms with Crippen LogP contribution < -0.4 is 16.3 Å². The molecule has 3 heterocycles. The van der Waals surface area contributed by atoms with Crippen molar-refractivity contribution < 1.29 is 19.1 Å². The summed E-state index contributed by atoms with van der Waals surface area (Å²) in [6.07, 6.45) is 0. The van der Waals surface area contributed by atoms with Crippen LogP contribution in [0.5, 0.6) is 0 Å². The summed E-state index contributed by atoms with van der Waals surface area (Å²) in [7, 11) is 3.87. The van der Waals surface area contributed by atoms with Crippen LogP contribution in [0.3, 0.4) is 0 Å². The van der Waals surface area contributed by atoms with Gasteiger partial charge in [0.15, 0.2) is 11.2 Å². The van der Waals surface area contributed by atoms with Crippen LogP contribution in [-0.4, -0.2) is 57.1 Å². The quantitative estimate of drug-likeness (QED) is 0.606. The number of esters is 2. The smallest absolute Gasteiger partial charge is 0.333 e. The largest absolute Gasteiger partial charge is 0.468 e. The van der Waals surface area contributed by atoms with Gasteiger partial charge >= 0.3 is 17.6 Å². The normalized spacial score (nSPS) is 16.0. The second-order valence-electron chi connectivity index (χ2n) is 6.31. The minimum Gasteiger partial charge on any atom is -0.468 e. The Morgan fingerprint density at radius 2 is 1.71 bits per heavy atom. The van der Waals surface area contributed by atoms with Crippen molar-refractivity contribution in [3.8, 4) is 0 Å². The molecular weight excluding hydrogens is 372 g/mol. The van der Waals surface area contributed by atoms with Gasteiger partial charge < -0.3 is 9.47 Å². The number of anilines is 1. The first-order chi connectivity index (χ1) is 13.2. The molecule has 0 aromatic carbocycles. The van der Waals surface area contributed by atoms with E-state index in [1.54, 1.807) is 11.5 Å². The first-order valence-electron chi connectivity index (χ1n) is 8.39. The highest BCUT2D eigenvalue weighted by Gasteiger charge is 2.31. The van der Waals surface area contributed by atoms with Gasteiger partial charge in [0.2, 0.25) is 5.95 Å². The van der Waals surface area contributed by atoms with Crippen molar-refractivity contribution in [3.63, 3.8) is 0 Å². The maximum absolute atomic E-state index is 13.1. The van der Waals surface area contributed by atoms with Crippen molar-refractivity contribution in [2.75, 3.05) is 25.8 Å². The Labute approximate surface area is 158 Å². The van der Waals surface area contributed by atoms with Crippen LogP contribution >= 0.6 is 0 Å². The van der Waals surface area contributed by atoms with Gasteiger partial charge in [0.1, 0.15) is 13.1 Å². The van der Waals surface area contributed by atoms with Crippen LogP contribution in [-0.2, 0) is 32.7 Å². The molecule has 0 fully saturated rings. The number of aromatic nitrogens is 4. The second-order valence-corrected chi connectivity index (χ2v) is 6.31. The van der Waals surface area contributed by atoms with Crippen molar-refractivity contribution >= 4 is 34.8 Å². The van der Waals surface area contributed by atoms with Crippen LogP contribution in [0.25, 0.3) is 11.2 Å². The number of hydrazone groups is 1. The fraction of sp³-hybridized carbons (Fsp3) is 0.500. The minimum atomic E-state index is -0.727. The standard InChI is InChI=1S/C16H20N6O6/c1-8-9(2)22-12-13(17-15(22)21(18-8)7-11(24)28-5)19(3)16(26)20(14(12)25)6-10(23)27-4/h9H,6-7H2,1-5H3/t9-/m0/s1. The summed E-state index contributed by atoms with van der Waals surface area (Å²) in [5.41, 5.74) is -0.510. The molecule has 0 amide bonds. The van der Waals surface area contributed by atoms with Crippen LogP contribution in [0, 0.1) is 0 Å². The molecule has 0 spiro atoms. The molecule has 3 rings (SSSR count). The highest BCUT2D eigenvalue weighted by Crippen LogP contribution is 2.29. The number of carbonyl (C=O) groups excluding carboxylic acids is 2. The lowest BCUT2D eigenvalue weighted by Crippen LogP contribution is -2.42. The Morgan fingerprint density at radius 1 is 1.11 bits per heavy atom. The molecular formula is C16H20N6O6. The third-order valence-electron chi connectivity index (χ3n) is 4.68. The van der Waals surface area contributed by atoms with E-state index in [2.05, 4.69) is 19.6 Å². The maximum Gasteiger partial charge on any atom is 0.333 e. The van der Waals surface area contributed by atoms with Crippen LogP contribution in [0.1, 0.15) is 19.9 Å². The molecule has 0 unspecified atom stereocenters. The predicted molar refractivity (Wildman–Crippen MR) is 98.4 cm³/mol. The van der Waals surface area contributed by atoms with Crippen molar-refractivity contribution in [1.82, 2.24) is 18.7 Å². The van der Waals surface area contributed by atoms with E-state index in [4.69, 9.17) is 0 Å². The molecule has 0 saturated carbocycles. The van der Waals surface area contributed by atoms with Crippen LogP contribution in [0.2, 0.25) is 0 Å². The van der Waals surface area contributed by atoms with Gasteiger partial charge in [0.05, 0.1) is 26.0 Å². The fourth-order valence-electron chi connectivity index (χ4n) is 3.01. The van der Waals surface area contributed by atoms with Gasteiger partial charge in [0, 0.05) is 7.05 Å². The van der Waals surface area contributed by atoms with E-state index in [-0.39, 0.29) is 29.7 Å². The van der Waals surface area contributed by atoms with Crippen molar-refractivity contribution in [3.05, 3.63) is 20.8 Å². The molecule has 0 N–H and O–H groups in total. The summed E-state index contributed by atoms with van der Waals surface area (Å²) in [5.74, 6) is -1.04. The topological polar surface area (TPSA) is 130 Å². The monoisotopic (exact) mass is 392 g/mol. The lowest BCUT2D eigenvalue weighted by Gasteiger charge is -2.28. The predicted octanol–water partition coefficient (Wildman–Crippen LogP) is -1.00. The average molecular weight is 392 g/mol. The maximum atomic E-state index is 13.1. The van der Waals surface area contributed by atoms with E-state index in [0.717, 1.165) is 4.57 Å². The number of imidazole rings is 1. The lowest BCUT2D eigenvalue weighted by atomic mass is 10.2. The van der Waals surface area contributed by atoms with E-state index >= 15 is 0 Å². The lowest BCUT2D eigenvalue weighted by molar-refractivity contribution is -0.141. The second kappa shape index (κ2) is 6.94. The van der Waals surface area contributed by atoms with E-state index in [9.17, 15) is 19.2 Å². The van der Waals surface area contributed by atoms with Crippen LogP contribution in [0.15, 0.2) is 14.7 Å². The summed E-state index contributed by atoms with van der Waals surface area (Å²) in [6.45, 7) is 2.83. The molecule has 0 aliphatic carbocycles. The highest BCUT2D eigenvalue weighted by molar-refractivity contribution is 5.92. The molecule has 0 saturated heterocycles. The van der Waals surface area contributed by atoms with E-state index in [1.165, 1.54) is 30.8 Å². The van der Waals surface area contributed by atoms with Crippen molar-refractivity contribution in [2.45, 2.75) is 26.4 Å². The molecule has 1 aliphatic heterocycles. The third-order valence-corrected chi connectivity index (χ3v) is 4.68. The molecule has 150 valence electrons. The number of aryl methyl sites for hydroxylation is 1. The summed E-state index contributed by atoms with van der Waals surface area (Å²) in [6, 6.07) is -0.356. The first-order valence-corrected chi connectivity index (χ1v) is 8.39. The number of nitrogens with zero attached hydrogens (tertiary/aromatic N) is 6. The summed E-state index contributed by atoms with van der Waals surface area (Å²) in [5, 5.41) is 5.66. The highest BCUT2D eigenvalue weighted by atomic mass is 16.5. The molecule has 2 aromatic rings. The molecule has 28 heavy (non-hydrogen) atoms. The zero-order chi connectivity index (χ0) is 20.7. The minimum absolute atomic E-state index is 0.123. The number of hydrogen-bond acceptors (Lipinski definition) is 9. The molecule has 12 nitrogen and oxygen atoms in total. The van der Waals surface area contributed by atoms with Gasteiger partial charge in [0.25, 0.3) is 5.56 Å². The molecule has 1 atom stereocenters. The van der Waals surface area contributed by atoms with E-state index < -0.39 is 29.7 Å². The Balaban J connectivity index is 2.32. The Hall–Kier alpha value is -3.44. The van der Waals surface area contributed by atoms with E-state index in [0.29, 0.717) is 5.71 Å². The summed E-state index contributed by atoms with van der Waals surface area (Å²) in [4.78, 5) is 53.4. The van der Waals surface area contributed by atoms with Gasteiger partial charge in [-0.05, 0) is 13.8 Å². The summed E-state index contributed by atoms with van der Waals surface area (Å²) >= 11 is 0. The van der Waals surface area contributed by atoms with Crippen molar-refractivity contribution in [1.29, 1.82) is 0 Å². The molecule has 0 radical (unpaired) electrons. The average Bonchev–Trinajstić information content (AvgIpc) is 3.08. The van der Waals surface area contributed by atoms with Crippen molar-refractivity contribution in [2.24, 2.45) is 12.1 Å². The van der Waals surface area contributed by atoms with Gasteiger partial charge in [-0.2, -0.15) is 10.1 Å². The number of carbonyl (C=O) groups is 2. The molecule has 12 heteroatoms. The summed E-state index contributed by atoms with van der Waals surface area (Å²) < 4.78 is 12.8. The van der Waals surface area contributed by atoms with Gasteiger partial charge in [-0.3, -0.25) is 23.5 Å². The number of ether oxygens (including phenoxy) is 2. The molecule has 2 aromatic heterocycles. The van der Waals surface area contributed by atoms with Gasteiger partial charge in [-0.1, -0.05) is 0 Å².